The van der Waals surface area contributed by atoms with Crippen molar-refractivity contribution in [2.24, 2.45) is 0 Å². The number of rotatable bonds is 8. The number of anilines is 2. The number of benzene rings is 3. The van der Waals surface area contributed by atoms with Gasteiger partial charge in [-0.3, -0.25) is 9.59 Å². The normalized spacial score (nSPS) is 11.3. The maximum atomic E-state index is 12.9. The Morgan fingerprint density at radius 3 is 2.35 bits per heavy atom. The molecule has 0 aliphatic heterocycles. The van der Waals surface area contributed by atoms with E-state index < -0.39 is 16.0 Å². The summed E-state index contributed by atoms with van der Waals surface area (Å²) in [4.78, 5) is 23.7. The third-order valence-corrected chi connectivity index (χ3v) is 7.16. The number of carbonyl (C=O) groups is 2. The molecule has 0 spiro atoms. The van der Waals surface area contributed by atoms with Gasteiger partial charge in [-0.25, -0.2) is 0 Å². The van der Waals surface area contributed by atoms with Crippen LogP contribution in [0.2, 0.25) is 0 Å². The van der Waals surface area contributed by atoms with Gasteiger partial charge in [-0.1, -0.05) is 6.07 Å². The van der Waals surface area contributed by atoms with Crippen LogP contribution in [-0.4, -0.2) is 27.3 Å². The minimum Gasteiger partial charge on any atom is -0.493 e. The molecule has 2 amide bonds. The number of amides is 2. The largest absolute Gasteiger partial charge is 0.493 e. The zero-order valence-electron chi connectivity index (χ0n) is 19.4. The van der Waals surface area contributed by atoms with E-state index in [-0.39, 0.29) is 32.3 Å². The van der Waals surface area contributed by atoms with E-state index in [1.807, 2.05) is 12.1 Å². The topological polar surface area (TPSA) is 135 Å². The van der Waals surface area contributed by atoms with Gasteiger partial charge in [0.05, 0.1) is 11.6 Å². The van der Waals surface area contributed by atoms with Crippen LogP contribution in [0, 0.1) is 14.9 Å². The lowest BCUT2D eigenvalue weighted by Crippen LogP contribution is -2.13. The van der Waals surface area contributed by atoms with Gasteiger partial charge in [-0.05, 0) is 105 Å². The van der Waals surface area contributed by atoms with Crippen LogP contribution in [-0.2, 0) is 19.7 Å². The van der Waals surface area contributed by atoms with Crippen LogP contribution in [0.4, 0.5) is 11.4 Å². The Kier molecular flexibility index (Phi) is 9.30. The number of hydrogen-bond donors (Lipinski definition) is 2. The summed E-state index contributed by atoms with van der Waals surface area (Å²) in [6.45, 7) is 1.34. The highest BCUT2D eigenvalue weighted by Gasteiger charge is 2.22. The molecule has 12 heteroatoms. The van der Waals surface area contributed by atoms with Gasteiger partial charge in [-0.15, -0.1) is 0 Å². The molecular weight excluding hydrogens is 677 g/mol. The second kappa shape index (κ2) is 12.2. The Labute approximate surface area is 235 Å². The Hall–Kier alpha value is -3.41. The van der Waals surface area contributed by atoms with Gasteiger partial charge in [0.15, 0.2) is 11.5 Å². The Balaban J connectivity index is 1.87. The van der Waals surface area contributed by atoms with E-state index in [4.69, 9.17) is 8.92 Å². The molecule has 190 valence electrons. The van der Waals surface area contributed by atoms with Crippen LogP contribution in [0.25, 0.3) is 6.08 Å². The molecule has 0 heterocycles. The molecule has 3 rings (SSSR count). The van der Waals surface area contributed by atoms with Gasteiger partial charge in [-0.2, -0.15) is 13.7 Å². The summed E-state index contributed by atoms with van der Waals surface area (Å²) >= 11 is 5.39. The molecule has 0 aliphatic rings. The minimum absolute atomic E-state index is 0.0503. The highest BCUT2D eigenvalue weighted by atomic mass is 127. The fourth-order valence-corrected chi connectivity index (χ4v) is 5.20. The van der Waals surface area contributed by atoms with Crippen LogP contribution in [0.3, 0.4) is 0 Å². The molecule has 3 aromatic carbocycles. The van der Waals surface area contributed by atoms with Crippen molar-refractivity contribution in [2.45, 2.75) is 11.8 Å². The zero-order chi connectivity index (χ0) is 27.2. The lowest BCUT2D eigenvalue weighted by molar-refractivity contribution is -0.114. The van der Waals surface area contributed by atoms with E-state index in [1.165, 1.54) is 56.5 Å². The molecule has 0 saturated carbocycles. The smallest absolute Gasteiger partial charge is 0.339 e. The van der Waals surface area contributed by atoms with E-state index in [2.05, 4.69) is 49.2 Å². The number of nitrogens with one attached hydrogen (secondary N) is 2. The van der Waals surface area contributed by atoms with Crippen molar-refractivity contribution >= 4 is 77.9 Å². The minimum atomic E-state index is -4.26. The average Bonchev–Trinajstić information content (AvgIpc) is 2.83. The standard InChI is InChI=1S/C25H19BrIN3O6S/c1-15(31)29-19-6-8-21(9-7-19)37(33,34)36-24-22(26)11-16(12-23(24)35-2)10-17(14-28)25(32)30-20-5-3-4-18(27)13-20/h3-13H,1-2H3,(H,29,31)(H,30,32)/b17-10+. The van der Waals surface area contributed by atoms with E-state index in [0.717, 1.165) is 3.57 Å². The van der Waals surface area contributed by atoms with Crippen molar-refractivity contribution in [1.29, 1.82) is 5.26 Å². The highest BCUT2D eigenvalue weighted by molar-refractivity contribution is 14.1. The molecule has 0 radical (unpaired) electrons. The maximum absolute atomic E-state index is 12.9. The third-order valence-electron chi connectivity index (χ3n) is 4.67. The number of ether oxygens (including phenoxy) is 1. The molecule has 9 nitrogen and oxygen atoms in total. The van der Waals surface area contributed by atoms with Crippen LogP contribution in [0.5, 0.6) is 11.5 Å². The monoisotopic (exact) mass is 695 g/mol. The van der Waals surface area contributed by atoms with Gasteiger partial charge in [0, 0.05) is 21.9 Å². The lowest BCUT2D eigenvalue weighted by atomic mass is 10.1. The molecule has 37 heavy (non-hydrogen) atoms. The molecule has 2 N–H and O–H groups in total. The molecule has 0 bridgehead atoms. The molecular formula is C25H19BrIN3O6S. The molecule has 0 aromatic heterocycles. The van der Waals surface area contributed by atoms with Crippen molar-refractivity contribution in [1.82, 2.24) is 0 Å². The summed E-state index contributed by atoms with van der Waals surface area (Å²) in [7, 11) is -2.94. The predicted molar refractivity (Wildman–Crippen MR) is 151 cm³/mol. The van der Waals surface area contributed by atoms with Gasteiger partial charge in [0.25, 0.3) is 5.91 Å². The van der Waals surface area contributed by atoms with Gasteiger partial charge in [0.1, 0.15) is 16.5 Å². The Morgan fingerprint density at radius 1 is 1.05 bits per heavy atom. The summed E-state index contributed by atoms with van der Waals surface area (Å²) in [5, 5.41) is 14.8. The first-order chi connectivity index (χ1) is 17.5. The predicted octanol–water partition coefficient (Wildman–Crippen LogP) is 5.33. The first-order valence-electron chi connectivity index (χ1n) is 10.4. The number of hydrogen-bond acceptors (Lipinski definition) is 7. The van der Waals surface area contributed by atoms with Crippen molar-refractivity contribution in [3.63, 3.8) is 0 Å². The number of methoxy groups -OCH3 is 1. The molecule has 0 saturated heterocycles. The van der Waals surface area contributed by atoms with E-state index in [9.17, 15) is 23.3 Å². The molecule has 0 aliphatic carbocycles. The summed E-state index contributed by atoms with van der Waals surface area (Å²) in [6.07, 6.45) is 1.34. The van der Waals surface area contributed by atoms with Crippen molar-refractivity contribution in [3.05, 3.63) is 79.8 Å². The van der Waals surface area contributed by atoms with Crippen molar-refractivity contribution < 1.29 is 26.9 Å². The summed E-state index contributed by atoms with van der Waals surface area (Å²) < 4.78 is 37.5. The number of halogens is 2. The van der Waals surface area contributed by atoms with Crippen LogP contribution < -0.4 is 19.6 Å². The van der Waals surface area contributed by atoms with Crippen molar-refractivity contribution in [3.8, 4) is 17.6 Å². The second-order valence-electron chi connectivity index (χ2n) is 7.41. The summed E-state index contributed by atoms with van der Waals surface area (Å²) in [5.41, 5.74) is 1.19. The van der Waals surface area contributed by atoms with E-state index >= 15 is 0 Å². The maximum Gasteiger partial charge on any atom is 0.339 e. The molecule has 0 fully saturated rings. The average molecular weight is 696 g/mol. The summed E-state index contributed by atoms with van der Waals surface area (Å²) in [6, 6.07) is 17.4. The fraction of sp³-hybridized carbons (Fsp3) is 0.0800. The summed E-state index contributed by atoms with van der Waals surface area (Å²) in [5.74, 6) is -0.964. The first-order valence-corrected chi connectivity index (χ1v) is 13.7. The SMILES string of the molecule is COc1cc(/C=C(\C#N)C(=O)Nc2cccc(I)c2)cc(Br)c1OS(=O)(=O)c1ccc(NC(C)=O)cc1. The third kappa shape index (κ3) is 7.54. The van der Waals surface area contributed by atoms with Gasteiger partial charge >= 0.3 is 10.1 Å². The quantitative estimate of drug-likeness (QED) is 0.141. The van der Waals surface area contributed by atoms with Crippen LogP contribution >= 0.6 is 38.5 Å². The van der Waals surface area contributed by atoms with E-state index in [0.29, 0.717) is 16.9 Å². The Morgan fingerprint density at radius 2 is 1.76 bits per heavy atom. The van der Waals surface area contributed by atoms with Gasteiger partial charge < -0.3 is 19.6 Å². The second-order valence-corrected chi connectivity index (χ2v) is 11.1. The van der Waals surface area contributed by atoms with Crippen LogP contribution in [0.1, 0.15) is 12.5 Å². The number of nitrogens with zero attached hydrogens (tertiary/aromatic N) is 1. The number of nitriles is 1. The van der Waals surface area contributed by atoms with Crippen molar-refractivity contribution in [2.75, 3.05) is 17.7 Å². The Bertz CT molecular complexity index is 1530. The molecule has 0 unspecified atom stereocenters. The molecule has 3 aromatic rings. The van der Waals surface area contributed by atoms with Gasteiger partial charge in [0.2, 0.25) is 5.91 Å². The number of carbonyl (C=O) groups excluding carboxylic acids is 2. The first kappa shape index (κ1) is 28.2. The lowest BCUT2D eigenvalue weighted by Gasteiger charge is -2.14. The fourth-order valence-electron chi connectivity index (χ4n) is 3.05. The van der Waals surface area contributed by atoms with Crippen LogP contribution in [0.15, 0.2) is 75.6 Å². The van der Waals surface area contributed by atoms with E-state index in [1.54, 1.807) is 18.2 Å². The highest BCUT2D eigenvalue weighted by Crippen LogP contribution is 2.39. The molecule has 0 atom stereocenters. The zero-order valence-corrected chi connectivity index (χ0v) is 24.0.